The van der Waals surface area contributed by atoms with E-state index in [4.69, 9.17) is 0 Å². The topological polar surface area (TPSA) is 57.6 Å². The number of benzene rings is 2. The number of hydrogen-bond acceptors (Lipinski definition) is 2. The lowest BCUT2D eigenvalue weighted by Gasteiger charge is -2.43. The van der Waals surface area contributed by atoms with Gasteiger partial charge < -0.3 is 5.11 Å². The fraction of sp³-hybridized carbons (Fsp3) is 0.300. The summed E-state index contributed by atoms with van der Waals surface area (Å²) >= 11 is 0. The van der Waals surface area contributed by atoms with E-state index in [0.717, 1.165) is 29.2 Å². The van der Waals surface area contributed by atoms with E-state index in [0.29, 0.717) is 0 Å². The van der Waals surface area contributed by atoms with Gasteiger partial charge in [-0.15, -0.1) is 0 Å². The first-order chi connectivity index (χ1) is 12.9. The van der Waals surface area contributed by atoms with Crippen molar-refractivity contribution in [3.8, 4) is 0 Å². The second-order valence-electron chi connectivity index (χ2n) is 7.29. The van der Waals surface area contributed by atoms with Gasteiger partial charge in [0.2, 0.25) is 5.91 Å². The molecule has 1 amide bonds. The average Bonchev–Trinajstić information content (AvgIpc) is 2.60. The van der Waals surface area contributed by atoms with Crippen LogP contribution >= 0.6 is 0 Å². The zero-order valence-electron chi connectivity index (χ0n) is 15.3. The zero-order chi connectivity index (χ0) is 21.0. The molecule has 0 spiro atoms. The Morgan fingerprint density at radius 3 is 2.32 bits per heavy atom. The van der Waals surface area contributed by atoms with E-state index in [1.807, 2.05) is 0 Å². The number of carboxylic acid groups (broad SMARTS) is 1. The number of fused-ring (bicyclic) bond motifs is 1. The monoisotopic (exact) mass is 395 g/mol. The Morgan fingerprint density at radius 2 is 1.75 bits per heavy atom. The number of para-hydroxylation sites is 1. The smallest absolute Gasteiger partial charge is 0.418 e. The van der Waals surface area contributed by atoms with E-state index >= 15 is 0 Å². The van der Waals surface area contributed by atoms with Crippen molar-refractivity contribution in [1.82, 2.24) is 0 Å². The van der Waals surface area contributed by atoms with Gasteiger partial charge in [-0.2, -0.15) is 13.2 Å². The van der Waals surface area contributed by atoms with E-state index in [1.54, 1.807) is 20.8 Å². The molecule has 1 heterocycles. The number of anilines is 2. The molecule has 3 rings (SSSR count). The number of hydrogen-bond donors (Lipinski definition) is 1. The SMILES string of the molecule is CC1C(=O)N(c2ccccc2C(F)(F)F)c2cc(C(=O)O)c(F)cc2C1(C)C. The molecule has 1 N–H and O–H groups in total. The number of carbonyl (C=O) groups is 2. The molecule has 0 saturated carbocycles. The maximum absolute atomic E-state index is 14.3. The van der Waals surface area contributed by atoms with Crippen LogP contribution in [0.25, 0.3) is 0 Å². The van der Waals surface area contributed by atoms with Crippen LogP contribution in [0.3, 0.4) is 0 Å². The Bertz CT molecular complexity index is 982. The summed E-state index contributed by atoms with van der Waals surface area (Å²) in [7, 11) is 0. The van der Waals surface area contributed by atoms with Crippen LogP contribution in [0.1, 0.15) is 42.3 Å². The van der Waals surface area contributed by atoms with Crippen LogP contribution < -0.4 is 4.90 Å². The van der Waals surface area contributed by atoms with Crippen LogP contribution in [0.4, 0.5) is 28.9 Å². The summed E-state index contributed by atoms with van der Waals surface area (Å²) in [6.07, 6.45) is -4.73. The molecule has 2 aromatic rings. The highest BCUT2D eigenvalue weighted by atomic mass is 19.4. The molecule has 2 aromatic carbocycles. The van der Waals surface area contributed by atoms with E-state index < -0.39 is 52.0 Å². The molecule has 1 unspecified atom stereocenters. The van der Waals surface area contributed by atoms with Crippen LogP contribution in [-0.4, -0.2) is 17.0 Å². The maximum atomic E-state index is 14.3. The zero-order valence-corrected chi connectivity index (χ0v) is 15.3. The van der Waals surface area contributed by atoms with E-state index in [2.05, 4.69) is 0 Å². The second-order valence-corrected chi connectivity index (χ2v) is 7.29. The Labute approximate surface area is 158 Å². The van der Waals surface area contributed by atoms with Crippen molar-refractivity contribution < 1.29 is 32.3 Å². The normalized spacial score (nSPS) is 18.8. The van der Waals surface area contributed by atoms with Gasteiger partial charge in [0.15, 0.2) is 0 Å². The van der Waals surface area contributed by atoms with Crippen LogP contribution in [0.5, 0.6) is 0 Å². The van der Waals surface area contributed by atoms with Crippen molar-refractivity contribution in [2.45, 2.75) is 32.4 Å². The molecular formula is C20H17F4NO3. The molecule has 0 bridgehead atoms. The maximum Gasteiger partial charge on any atom is 0.418 e. The highest BCUT2D eigenvalue weighted by Crippen LogP contribution is 2.49. The lowest BCUT2D eigenvalue weighted by atomic mass is 9.70. The third-order valence-electron chi connectivity index (χ3n) is 5.37. The summed E-state index contributed by atoms with van der Waals surface area (Å²) in [5.74, 6) is -3.98. The summed E-state index contributed by atoms with van der Waals surface area (Å²) in [5, 5.41) is 9.23. The van der Waals surface area contributed by atoms with Crippen LogP contribution in [0, 0.1) is 11.7 Å². The van der Waals surface area contributed by atoms with Crippen molar-refractivity contribution in [2.75, 3.05) is 4.90 Å². The second kappa shape index (κ2) is 6.32. The Hall–Kier alpha value is -2.90. The van der Waals surface area contributed by atoms with Gasteiger partial charge in [-0.25, -0.2) is 9.18 Å². The third-order valence-corrected chi connectivity index (χ3v) is 5.37. The summed E-state index contributed by atoms with van der Waals surface area (Å²) in [6.45, 7) is 4.89. The van der Waals surface area contributed by atoms with Crippen LogP contribution in [0.2, 0.25) is 0 Å². The summed E-state index contributed by atoms with van der Waals surface area (Å²) in [6, 6.07) is 6.44. The van der Waals surface area contributed by atoms with Crippen molar-refractivity contribution in [1.29, 1.82) is 0 Å². The first kappa shape index (κ1) is 19.9. The van der Waals surface area contributed by atoms with Gasteiger partial charge in [-0.3, -0.25) is 9.69 Å². The first-order valence-electron chi connectivity index (χ1n) is 8.45. The van der Waals surface area contributed by atoms with Crippen molar-refractivity contribution in [2.24, 2.45) is 5.92 Å². The number of nitrogens with zero attached hydrogens (tertiary/aromatic N) is 1. The molecule has 8 heteroatoms. The molecule has 0 fully saturated rings. The minimum Gasteiger partial charge on any atom is -0.478 e. The Morgan fingerprint density at radius 1 is 1.14 bits per heavy atom. The number of rotatable bonds is 2. The van der Waals surface area contributed by atoms with E-state index in [1.165, 1.54) is 12.1 Å². The van der Waals surface area contributed by atoms with E-state index in [9.17, 15) is 32.3 Å². The predicted molar refractivity (Wildman–Crippen MR) is 94.1 cm³/mol. The number of halogens is 4. The average molecular weight is 395 g/mol. The molecule has 1 aliphatic rings. The minimum absolute atomic E-state index is 0.0661. The number of carbonyl (C=O) groups excluding carboxylic acids is 1. The summed E-state index contributed by atoms with van der Waals surface area (Å²) in [4.78, 5) is 25.3. The quantitative estimate of drug-likeness (QED) is 0.717. The van der Waals surface area contributed by atoms with Crippen molar-refractivity contribution in [3.05, 3.63) is 58.9 Å². The molecule has 0 radical (unpaired) electrons. The lowest BCUT2D eigenvalue weighted by molar-refractivity contribution is -0.137. The summed E-state index contributed by atoms with van der Waals surface area (Å²) in [5.41, 5.74) is -2.89. The van der Waals surface area contributed by atoms with Crippen LogP contribution in [0.15, 0.2) is 36.4 Å². The first-order valence-corrected chi connectivity index (χ1v) is 8.45. The minimum atomic E-state index is -4.73. The molecule has 0 aromatic heterocycles. The van der Waals surface area contributed by atoms with E-state index in [-0.39, 0.29) is 11.3 Å². The number of amides is 1. The molecular weight excluding hydrogens is 378 g/mol. The Kier molecular flexibility index (Phi) is 4.48. The molecule has 1 aliphatic heterocycles. The molecule has 1 atom stereocenters. The molecule has 28 heavy (non-hydrogen) atoms. The lowest BCUT2D eigenvalue weighted by Crippen LogP contribution is -2.47. The molecule has 0 aliphatic carbocycles. The predicted octanol–water partition coefficient (Wildman–Crippen LogP) is 5.13. The fourth-order valence-corrected chi connectivity index (χ4v) is 3.44. The van der Waals surface area contributed by atoms with Gasteiger partial charge in [0.1, 0.15) is 5.82 Å². The number of alkyl halides is 3. The molecule has 4 nitrogen and oxygen atoms in total. The molecule has 0 saturated heterocycles. The largest absolute Gasteiger partial charge is 0.478 e. The number of aromatic carboxylic acids is 1. The standard InChI is InChI=1S/C20H17F4NO3/c1-10-17(26)25(15-7-5-4-6-12(15)20(22,23)24)16-8-11(18(27)28)14(21)9-13(16)19(10,2)3/h4-10H,1-3H3,(H,27,28). The van der Waals surface area contributed by atoms with Crippen molar-refractivity contribution >= 4 is 23.3 Å². The highest BCUT2D eigenvalue weighted by molar-refractivity contribution is 6.07. The Balaban J connectivity index is 2.38. The van der Waals surface area contributed by atoms with Gasteiger partial charge >= 0.3 is 12.1 Å². The van der Waals surface area contributed by atoms with Gasteiger partial charge in [0, 0.05) is 11.3 Å². The van der Waals surface area contributed by atoms with Gasteiger partial charge in [0.25, 0.3) is 0 Å². The fourth-order valence-electron chi connectivity index (χ4n) is 3.44. The van der Waals surface area contributed by atoms with Gasteiger partial charge in [-0.1, -0.05) is 32.9 Å². The van der Waals surface area contributed by atoms with Gasteiger partial charge in [0.05, 0.1) is 22.5 Å². The van der Waals surface area contributed by atoms with Crippen LogP contribution in [-0.2, 0) is 16.4 Å². The van der Waals surface area contributed by atoms with Crippen molar-refractivity contribution in [3.63, 3.8) is 0 Å². The summed E-state index contributed by atoms with van der Waals surface area (Å²) < 4.78 is 54.9. The van der Waals surface area contributed by atoms with Gasteiger partial charge in [-0.05, 0) is 29.8 Å². The molecule has 148 valence electrons. The third kappa shape index (κ3) is 2.93. The highest BCUT2D eigenvalue weighted by Gasteiger charge is 2.46. The number of carboxylic acids is 1.